The van der Waals surface area contributed by atoms with Gasteiger partial charge in [0.05, 0.1) is 17.0 Å². The lowest BCUT2D eigenvalue weighted by Gasteiger charge is -2.08. The van der Waals surface area contributed by atoms with Crippen molar-refractivity contribution < 1.29 is 13.2 Å². The zero-order chi connectivity index (χ0) is 21.2. The van der Waals surface area contributed by atoms with E-state index in [9.17, 15) is 13.2 Å². The average Bonchev–Trinajstić information content (AvgIpc) is 3.05. The van der Waals surface area contributed by atoms with Crippen LogP contribution in [0.1, 0.15) is 27.6 Å². The maximum absolute atomic E-state index is 12.5. The first-order valence-electron chi connectivity index (χ1n) is 8.25. The van der Waals surface area contributed by atoms with Crippen LogP contribution < -0.4 is 5.32 Å². The van der Waals surface area contributed by atoms with Gasteiger partial charge in [-0.1, -0.05) is 11.6 Å². The van der Waals surface area contributed by atoms with E-state index in [0.29, 0.717) is 23.0 Å². The van der Waals surface area contributed by atoms with Crippen molar-refractivity contribution in [3.05, 3.63) is 64.3 Å². The zero-order valence-corrected chi connectivity index (χ0v) is 17.0. The number of nitrogens with zero attached hydrogens (tertiary/aromatic N) is 5. The van der Waals surface area contributed by atoms with E-state index in [1.165, 1.54) is 29.1 Å². The third-order valence-electron chi connectivity index (χ3n) is 3.84. The smallest absolute Gasteiger partial charge is 0.251 e. The Bertz CT molecular complexity index is 1230. The highest BCUT2D eigenvalue weighted by atomic mass is 35.5. The Morgan fingerprint density at radius 1 is 1.31 bits per heavy atom. The molecule has 0 unspecified atom stereocenters. The van der Waals surface area contributed by atoms with Crippen LogP contribution in [0.5, 0.6) is 0 Å². The molecular formula is C18H15ClN6O3S. The molecule has 11 heteroatoms. The number of aryl methyl sites for hydroxylation is 1. The number of sulfone groups is 1. The van der Waals surface area contributed by atoms with Gasteiger partial charge >= 0.3 is 0 Å². The number of carbonyl (C=O) groups is 1. The second kappa shape index (κ2) is 7.98. The number of hydrogen-bond acceptors (Lipinski definition) is 7. The fourth-order valence-corrected chi connectivity index (χ4v) is 3.49. The molecule has 9 nitrogen and oxygen atoms in total. The number of nitriles is 1. The van der Waals surface area contributed by atoms with Crippen LogP contribution in [-0.2, 0) is 16.4 Å². The lowest BCUT2D eigenvalue weighted by atomic mass is 10.2. The van der Waals surface area contributed by atoms with E-state index < -0.39 is 15.7 Å². The number of nitrogens with one attached hydrogen (secondary N) is 1. The first-order valence-corrected chi connectivity index (χ1v) is 10.5. The predicted molar refractivity (Wildman–Crippen MR) is 104 cm³/mol. The molecule has 1 amide bonds. The molecule has 0 aliphatic rings. The minimum absolute atomic E-state index is 0.0159. The van der Waals surface area contributed by atoms with Crippen molar-refractivity contribution in [2.75, 3.05) is 6.26 Å². The predicted octanol–water partition coefficient (Wildman–Crippen LogP) is 1.83. The highest BCUT2D eigenvalue weighted by Crippen LogP contribution is 2.19. The Morgan fingerprint density at radius 2 is 2.07 bits per heavy atom. The summed E-state index contributed by atoms with van der Waals surface area (Å²) < 4.78 is 25.0. The molecule has 148 valence electrons. The lowest BCUT2D eigenvalue weighted by Crippen LogP contribution is -2.25. The van der Waals surface area contributed by atoms with Gasteiger partial charge in [0.15, 0.2) is 21.5 Å². The monoisotopic (exact) mass is 430 g/mol. The molecule has 0 aliphatic heterocycles. The van der Waals surface area contributed by atoms with Crippen molar-refractivity contribution in [3.8, 4) is 11.9 Å². The summed E-state index contributed by atoms with van der Waals surface area (Å²) in [5.74, 6) is 0.814. The fourth-order valence-electron chi connectivity index (χ4n) is 2.50. The highest BCUT2D eigenvalue weighted by molar-refractivity contribution is 7.90. The van der Waals surface area contributed by atoms with Gasteiger partial charge in [-0.2, -0.15) is 9.94 Å². The second-order valence-electron chi connectivity index (χ2n) is 6.13. The first-order chi connectivity index (χ1) is 13.7. The molecule has 0 atom stereocenters. The number of carbonyl (C=O) groups excluding carboxylic acids is 1. The molecule has 0 spiro atoms. The van der Waals surface area contributed by atoms with Crippen LogP contribution in [-0.4, -0.2) is 40.3 Å². The van der Waals surface area contributed by atoms with Crippen molar-refractivity contribution in [3.63, 3.8) is 0 Å². The summed E-state index contributed by atoms with van der Waals surface area (Å²) in [6, 6.07) is 9.12. The summed E-state index contributed by atoms with van der Waals surface area (Å²) in [5, 5.41) is 15.9. The third-order valence-corrected chi connectivity index (χ3v) is 5.15. The van der Waals surface area contributed by atoms with Crippen molar-refractivity contribution in [2.45, 2.75) is 18.4 Å². The molecule has 0 aliphatic carbocycles. The molecule has 0 bridgehead atoms. The molecule has 0 fully saturated rings. The standard InChI is InChI=1S/C18H15ClN6O3S/c1-11-23-17(25(24-11)16-4-3-12(8-20)9-21-16)10-22-18(26)13-5-14(19)7-15(6-13)29(2,27)28/h3-7,9H,10H2,1-2H3,(H,22,26). The Morgan fingerprint density at radius 3 is 2.69 bits per heavy atom. The molecule has 2 aromatic heterocycles. The van der Waals surface area contributed by atoms with Crippen LogP contribution >= 0.6 is 11.6 Å². The van der Waals surface area contributed by atoms with E-state index in [1.54, 1.807) is 19.1 Å². The zero-order valence-electron chi connectivity index (χ0n) is 15.4. The molecule has 0 radical (unpaired) electrons. The molecule has 29 heavy (non-hydrogen) atoms. The topological polar surface area (TPSA) is 131 Å². The summed E-state index contributed by atoms with van der Waals surface area (Å²) in [5.41, 5.74) is 0.514. The minimum atomic E-state index is -3.52. The Labute approximate surface area is 171 Å². The molecule has 1 aromatic carbocycles. The lowest BCUT2D eigenvalue weighted by molar-refractivity contribution is 0.0949. The van der Waals surface area contributed by atoms with E-state index in [2.05, 4.69) is 20.4 Å². The van der Waals surface area contributed by atoms with Crippen LogP contribution in [0.25, 0.3) is 5.82 Å². The fraction of sp³-hybridized carbons (Fsp3) is 0.167. The maximum atomic E-state index is 12.5. The molecular weight excluding hydrogens is 416 g/mol. The van der Waals surface area contributed by atoms with E-state index >= 15 is 0 Å². The van der Waals surface area contributed by atoms with Gasteiger partial charge in [0, 0.05) is 23.0 Å². The van der Waals surface area contributed by atoms with Gasteiger partial charge in [-0.3, -0.25) is 4.79 Å². The molecule has 0 saturated heterocycles. The summed E-state index contributed by atoms with van der Waals surface area (Å²) >= 11 is 5.95. The van der Waals surface area contributed by atoms with Gasteiger partial charge in [-0.15, -0.1) is 5.10 Å². The largest absolute Gasteiger partial charge is 0.345 e. The molecule has 0 saturated carbocycles. The van der Waals surface area contributed by atoms with E-state index in [4.69, 9.17) is 16.9 Å². The number of benzene rings is 1. The molecule has 3 aromatic rings. The van der Waals surface area contributed by atoms with E-state index in [1.807, 2.05) is 6.07 Å². The number of hydrogen-bond donors (Lipinski definition) is 1. The van der Waals surface area contributed by atoms with Crippen LogP contribution in [0.4, 0.5) is 0 Å². The van der Waals surface area contributed by atoms with Gasteiger partial charge in [-0.05, 0) is 37.3 Å². The van der Waals surface area contributed by atoms with Crippen LogP contribution in [0, 0.1) is 18.3 Å². The van der Waals surface area contributed by atoms with Gasteiger partial charge in [0.1, 0.15) is 11.9 Å². The maximum Gasteiger partial charge on any atom is 0.251 e. The number of aromatic nitrogens is 4. The van der Waals surface area contributed by atoms with Gasteiger partial charge in [-0.25, -0.2) is 18.4 Å². The van der Waals surface area contributed by atoms with Crippen molar-refractivity contribution in [2.24, 2.45) is 0 Å². The summed E-state index contributed by atoms with van der Waals surface area (Å²) in [6.45, 7) is 1.71. The second-order valence-corrected chi connectivity index (χ2v) is 8.59. The summed E-state index contributed by atoms with van der Waals surface area (Å²) in [7, 11) is -3.52. The minimum Gasteiger partial charge on any atom is -0.345 e. The number of rotatable bonds is 5. The molecule has 1 N–H and O–H groups in total. The van der Waals surface area contributed by atoms with E-state index in [0.717, 1.165) is 6.26 Å². The number of pyridine rings is 1. The van der Waals surface area contributed by atoms with Crippen LogP contribution in [0.2, 0.25) is 5.02 Å². The van der Waals surface area contributed by atoms with Crippen LogP contribution in [0.15, 0.2) is 41.4 Å². The average molecular weight is 431 g/mol. The Hall–Kier alpha value is -3.29. The third kappa shape index (κ3) is 4.77. The normalized spacial score (nSPS) is 11.1. The van der Waals surface area contributed by atoms with Crippen LogP contribution in [0.3, 0.4) is 0 Å². The SMILES string of the molecule is Cc1nc(CNC(=O)c2cc(Cl)cc(S(C)(=O)=O)c2)n(-c2ccc(C#N)cn2)n1. The van der Waals surface area contributed by atoms with Crippen molar-refractivity contribution >= 4 is 27.3 Å². The van der Waals surface area contributed by atoms with Crippen molar-refractivity contribution in [1.29, 1.82) is 5.26 Å². The molecule has 2 heterocycles. The quantitative estimate of drug-likeness (QED) is 0.653. The Kier molecular flexibility index (Phi) is 5.63. The number of amides is 1. The summed E-state index contributed by atoms with van der Waals surface area (Å²) in [6.07, 6.45) is 2.45. The summed E-state index contributed by atoms with van der Waals surface area (Å²) in [4.78, 5) is 20.9. The van der Waals surface area contributed by atoms with Gasteiger partial charge < -0.3 is 5.32 Å². The van der Waals surface area contributed by atoms with E-state index in [-0.39, 0.29) is 22.0 Å². The van der Waals surface area contributed by atoms with Gasteiger partial charge in [0.2, 0.25) is 0 Å². The van der Waals surface area contributed by atoms with Gasteiger partial charge in [0.25, 0.3) is 5.91 Å². The molecule has 3 rings (SSSR count). The first kappa shape index (κ1) is 20.4. The highest BCUT2D eigenvalue weighted by Gasteiger charge is 2.16. The Balaban J connectivity index is 1.83. The van der Waals surface area contributed by atoms with Crippen molar-refractivity contribution in [1.82, 2.24) is 25.1 Å². The number of halogens is 1.